The van der Waals surface area contributed by atoms with E-state index in [4.69, 9.17) is 28.9 Å². The Morgan fingerprint density at radius 1 is 1.07 bits per heavy atom. The predicted molar refractivity (Wildman–Crippen MR) is 162 cm³/mol. The van der Waals surface area contributed by atoms with Crippen LogP contribution in [0.5, 0.6) is 0 Å². The summed E-state index contributed by atoms with van der Waals surface area (Å²) in [6.45, 7) is 3.46. The lowest BCUT2D eigenvalue weighted by molar-refractivity contribution is -0.136. The van der Waals surface area contributed by atoms with Gasteiger partial charge in [0.05, 0.1) is 26.9 Å². The molecule has 40 heavy (non-hydrogen) atoms. The molecule has 10 heteroatoms. The van der Waals surface area contributed by atoms with Gasteiger partial charge in [0, 0.05) is 45.3 Å². The zero-order chi connectivity index (χ0) is 29.1. The zero-order valence-electron chi connectivity index (χ0n) is 23.1. The van der Waals surface area contributed by atoms with Crippen LogP contribution in [0.1, 0.15) is 37.3 Å². The average Bonchev–Trinajstić information content (AvgIpc) is 2.93. The third kappa shape index (κ3) is 7.04. The van der Waals surface area contributed by atoms with Crippen LogP contribution in [0.3, 0.4) is 0 Å². The van der Waals surface area contributed by atoms with Crippen molar-refractivity contribution in [3.8, 4) is 11.1 Å². The van der Waals surface area contributed by atoms with E-state index in [0.29, 0.717) is 48.9 Å². The number of pyridine rings is 1. The summed E-state index contributed by atoms with van der Waals surface area (Å²) < 4.78 is 24.1. The van der Waals surface area contributed by atoms with Crippen molar-refractivity contribution in [2.45, 2.75) is 49.6 Å². The lowest BCUT2D eigenvalue weighted by atomic mass is 9.77. The molecule has 0 aliphatic carbocycles. The van der Waals surface area contributed by atoms with Gasteiger partial charge in [0.25, 0.3) is 0 Å². The Labute approximate surface area is 247 Å². The van der Waals surface area contributed by atoms with Crippen LogP contribution >= 0.6 is 23.2 Å². The van der Waals surface area contributed by atoms with Gasteiger partial charge in [-0.1, -0.05) is 53.5 Å². The van der Waals surface area contributed by atoms with Crippen molar-refractivity contribution in [2.24, 2.45) is 5.73 Å². The van der Waals surface area contributed by atoms with Gasteiger partial charge in [-0.3, -0.25) is 14.7 Å². The van der Waals surface area contributed by atoms with Gasteiger partial charge in [0.2, 0.25) is 5.91 Å². The minimum absolute atomic E-state index is 0.0521. The van der Waals surface area contributed by atoms with E-state index < -0.39 is 26.7 Å². The van der Waals surface area contributed by atoms with Gasteiger partial charge in [0.1, 0.15) is 9.84 Å². The van der Waals surface area contributed by atoms with Crippen molar-refractivity contribution in [3.05, 3.63) is 88.2 Å². The van der Waals surface area contributed by atoms with E-state index in [-0.39, 0.29) is 5.91 Å². The number of halogens is 2. The number of piperidine rings is 1. The van der Waals surface area contributed by atoms with Gasteiger partial charge in [-0.05, 0) is 72.7 Å². The number of carbonyl (C=O) groups excluding carboxylic acids is 1. The summed E-state index contributed by atoms with van der Waals surface area (Å²) in [7, 11) is -1.34. The number of rotatable bonds is 9. The Kier molecular flexibility index (Phi) is 9.58. The summed E-state index contributed by atoms with van der Waals surface area (Å²) in [6, 6.07) is 17.4. The number of benzene rings is 2. The first kappa shape index (κ1) is 30.5. The molecule has 1 aromatic heterocycles. The summed E-state index contributed by atoms with van der Waals surface area (Å²) >= 11 is 12.6. The molecule has 1 saturated heterocycles. The molecule has 7 nitrogen and oxygen atoms in total. The fourth-order valence-corrected chi connectivity index (χ4v) is 6.75. The van der Waals surface area contributed by atoms with Crippen LogP contribution in [-0.2, 0) is 26.6 Å². The third-order valence-electron chi connectivity index (χ3n) is 7.98. The minimum Gasteiger partial charge on any atom is -0.341 e. The van der Waals surface area contributed by atoms with E-state index in [0.717, 1.165) is 22.3 Å². The Morgan fingerprint density at radius 3 is 2.33 bits per heavy atom. The molecule has 3 aromatic rings. The van der Waals surface area contributed by atoms with Crippen LogP contribution in [0, 0.1) is 0 Å². The van der Waals surface area contributed by atoms with Crippen LogP contribution < -0.4 is 5.73 Å². The van der Waals surface area contributed by atoms with E-state index in [1.807, 2.05) is 49.4 Å². The van der Waals surface area contributed by atoms with Crippen LogP contribution in [0.25, 0.3) is 11.1 Å². The number of nitrogens with zero attached hydrogens (tertiary/aromatic N) is 3. The highest BCUT2D eigenvalue weighted by molar-refractivity contribution is 7.91. The maximum atomic E-state index is 14.1. The Morgan fingerprint density at radius 2 is 1.73 bits per heavy atom. The highest BCUT2D eigenvalue weighted by Gasteiger charge is 2.39. The Bertz CT molecular complexity index is 1440. The molecular formula is C30H36Cl2N4O3S. The summed E-state index contributed by atoms with van der Waals surface area (Å²) in [5.41, 5.74) is 9.43. The number of hydrogen-bond donors (Lipinski definition) is 1. The number of amides is 1. The number of hydrogen-bond acceptors (Lipinski definition) is 6. The monoisotopic (exact) mass is 602 g/mol. The van der Waals surface area contributed by atoms with E-state index in [1.165, 1.54) is 6.26 Å². The Hall–Kier alpha value is -2.49. The van der Waals surface area contributed by atoms with Crippen molar-refractivity contribution in [3.63, 3.8) is 0 Å². The van der Waals surface area contributed by atoms with Crippen molar-refractivity contribution in [1.29, 1.82) is 0 Å². The largest absolute Gasteiger partial charge is 0.341 e. The second-order valence-corrected chi connectivity index (χ2v) is 14.0. The standard InChI is InChI=1S/C30H36Cl2N4O3S/c1-30(24-8-9-26(31)27(32)18-24,13-17-36-16-12-25(19-28(36)33)40(3,38)39)29(37)35(2)20-21-4-6-22(7-5-21)23-10-14-34-15-11-23/h4-11,14-15,18,25,28H,12-13,16-17,19-20,33H2,1-3H3. The second kappa shape index (κ2) is 12.6. The van der Waals surface area contributed by atoms with E-state index in [2.05, 4.69) is 9.88 Å². The molecule has 2 aromatic carbocycles. The fourth-order valence-electron chi connectivity index (χ4n) is 5.37. The molecule has 3 unspecified atom stereocenters. The van der Waals surface area contributed by atoms with Gasteiger partial charge < -0.3 is 10.6 Å². The molecule has 0 saturated carbocycles. The minimum atomic E-state index is -3.15. The fraction of sp³-hybridized carbons (Fsp3) is 0.400. The number of nitrogens with two attached hydrogens (primary N) is 1. The first-order valence-corrected chi connectivity index (χ1v) is 16.0. The van der Waals surface area contributed by atoms with Crippen LogP contribution in [0.4, 0.5) is 0 Å². The number of likely N-dealkylation sites (N-methyl/N-ethyl adjacent to an activating group) is 1. The lowest BCUT2D eigenvalue weighted by Crippen LogP contribution is -2.53. The molecule has 2 N–H and O–H groups in total. The molecule has 1 aliphatic rings. The summed E-state index contributed by atoms with van der Waals surface area (Å²) in [5.74, 6) is -0.0521. The predicted octanol–water partition coefficient (Wildman–Crippen LogP) is 5.16. The topological polar surface area (TPSA) is 96.6 Å². The van der Waals surface area contributed by atoms with Crippen molar-refractivity contribution in [1.82, 2.24) is 14.8 Å². The summed E-state index contributed by atoms with van der Waals surface area (Å²) in [6.07, 6.45) is 5.79. The smallest absolute Gasteiger partial charge is 0.233 e. The van der Waals surface area contributed by atoms with Gasteiger partial charge in [-0.15, -0.1) is 0 Å². The first-order valence-electron chi connectivity index (χ1n) is 13.3. The molecule has 2 heterocycles. The van der Waals surface area contributed by atoms with Gasteiger partial charge in [0.15, 0.2) is 0 Å². The van der Waals surface area contributed by atoms with Crippen LogP contribution in [0.2, 0.25) is 10.0 Å². The van der Waals surface area contributed by atoms with E-state index in [1.54, 1.807) is 36.5 Å². The maximum absolute atomic E-state index is 14.1. The van der Waals surface area contributed by atoms with Crippen molar-refractivity contribution in [2.75, 3.05) is 26.4 Å². The SMILES string of the molecule is CN(Cc1ccc(-c2ccncc2)cc1)C(=O)C(C)(CCN1CCC(S(C)(=O)=O)CC1N)c1ccc(Cl)c(Cl)c1. The van der Waals surface area contributed by atoms with Crippen molar-refractivity contribution < 1.29 is 13.2 Å². The highest BCUT2D eigenvalue weighted by atomic mass is 35.5. The molecule has 0 bridgehead atoms. The molecule has 1 amide bonds. The van der Waals surface area contributed by atoms with Crippen molar-refractivity contribution >= 4 is 38.9 Å². The lowest BCUT2D eigenvalue weighted by Gasteiger charge is -2.40. The molecule has 0 spiro atoms. The number of aromatic nitrogens is 1. The molecular weight excluding hydrogens is 567 g/mol. The van der Waals surface area contributed by atoms with Crippen LogP contribution in [0.15, 0.2) is 67.0 Å². The number of sulfone groups is 1. The molecule has 1 fully saturated rings. The number of carbonyl (C=O) groups is 1. The quantitative estimate of drug-likeness (QED) is 0.363. The molecule has 1 aliphatic heterocycles. The highest BCUT2D eigenvalue weighted by Crippen LogP contribution is 2.35. The summed E-state index contributed by atoms with van der Waals surface area (Å²) in [4.78, 5) is 22.0. The first-order chi connectivity index (χ1) is 18.9. The second-order valence-electron chi connectivity index (χ2n) is 10.9. The molecule has 3 atom stereocenters. The van der Waals surface area contributed by atoms with E-state index in [9.17, 15) is 13.2 Å². The number of likely N-dealkylation sites (tertiary alicyclic amines) is 1. The molecule has 4 rings (SSSR count). The normalized spacial score (nSPS) is 19.6. The van der Waals surface area contributed by atoms with Gasteiger partial charge >= 0.3 is 0 Å². The zero-order valence-corrected chi connectivity index (χ0v) is 25.4. The van der Waals surface area contributed by atoms with E-state index >= 15 is 0 Å². The Balaban J connectivity index is 1.52. The summed E-state index contributed by atoms with van der Waals surface area (Å²) in [5, 5.41) is 0.379. The van der Waals surface area contributed by atoms with Gasteiger partial charge in [-0.25, -0.2) is 8.42 Å². The third-order valence-corrected chi connectivity index (χ3v) is 10.4. The van der Waals surface area contributed by atoms with Crippen LogP contribution in [-0.4, -0.2) is 66.9 Å². The van der Waals surface area contributed by atoms with Gasteiger partial charge in [-0.2, -0.15) is 0 Å². The molecule has 0 radical (unpaired) electrons. The maximum Gasteiger partial charge on any atom is 0.233 e. The average molecular weight is 604 g/mol. The molecule has 214 valence electrons.